The van der Waals surface area contributed by atoms with Crippen LogP contribution < -0.4 is 0 Å². The van der Waals surface area contributed by atoms with Crippen LogP contribution >= 0.6 is 0 Å². The fraction of sp³-hybridized carbons (Fsp3) is 0.778. The second kappa shape index (κ2) is 26.8. The van der Waals surface area contributed by atoms with E-state index in [4.69, 9.17) is 18.9 Å². The van der Waals surface area contributed by atoms with Crippen molar-refractivity contribution in [3.05, 3.63) is 0 Å². The smallest absolute Gasteiger partial charge is 0.332 e. The molecule has 0 saturated carbocycles. The number of ether oxygens (including phenoxy) is 4. The van der Waals surface area contributed by atoms with E-state index in [1.54, 1.807) is 0 Å². The molecule has 0 bridgehead atoms. The van der Waals surface area contributed by atoms with Crippen molar-refractivity contribution < 1.29 is 58.6 Å². The predicted octanol–water partition coefficient (Wildman–Crippen LogP) is -3.78. The third-order valence-corrected chi connectivity index (χ3v) is 4.50. The molecule has 4 N–H and O–H groups in total. The Morgan fingerprint density at radius 3 is 0.806 bits per heavy atom. The summed E-state index contributed by atoms with van der Waals surface area (Å²) in [5, 5.41) is 36.8. The first-order valence-corrected chi connectivity index (χ1v) is 9.96. The molecule has 1 rings (SSSR count). The van der Waals surface area contributed by atoms with Gasteiger partial charge in [0.1, 0.15) is 0 Å². The zero-order chi connectivity index (χ0) is 23.9. The van der Waals surface area contributed by atoms with Gasteiger partial charge in [0.2, 0.25) is 12.1 Å². The SMILES string of the molecule is O=C(O)C(C(=O)O)N1CCOCCOCCN(C(C(=O)O)C(=O)O)CCOCCOCC1.[Na].[Na].[Na].[Na]. The maximum atomic E-state index is 11.3. The van der Waals surface area contributed by atoms with Crippen LogP contribution in [0.4, 0.5) is 0 Å². The molecule has 1 aliphatic heterocycles. The van der Waals surface area contributed by atoms with Crippen LogP contribution in [0.3, 0.4) is 0 Å². The van der Waals surface area contributed by atoms with Crippen molar-refractivity contribution in [1.29, 1.82) is 0 Å². The van der Waals surface area contributed by atoms with Gasteiger partial charge in [-0.25, -0.2) is 19.2 Å². The van der Waals surface area contributed by atoms with Gasteiger partial charge >= 0.3 is 23.9 Å². The van der Waals surface area contributed by atoms with Crippen molar-refractivity contribution >= 4 is 142 Å². The first-order valence-electron chi connectivity index (χ1n) is 9.96. The van der Waals surface area contributed by atoms with Gasteiger partial charge in [-0.1, -0.05) is 0 Å². The van der Waals surface area contributed by atoms with E-state index in [-0.39, 0.29) is 197 Å². The van der Waals surface area contributed by atoms with Gasteiger partial charge in [0.15, 0.2) is 0 Å². The summed E-state index contributed by atoms with van der Waals surface area (Å²) in [5.74, 6) is -5.96. The molecular formula is C18H30N2Na4O12. The molecule has 4 radical (unpaired) electrons. The summed E-state index contributed by atoms with van der Waals surface area (Å²) in [7, 11) is 0. The summed E-state index contributed by atoms with van der Waals surface area (Å²) in [5.41, 5.74) is 0. The van der Waals surface area contributed by atoms with E-state index < -0.39 is 36.0 Å². The minimum absolute atomic E-state index is 0. The van der Waals surface area contributed by atoms with E-state index in [9.17, 15) is 39.6 Å². The molecule has 0 amide bonds. The molecule has 0 aliphatic carbocycles. The molecule has 1 aliphatic rings. The van der Waals surface area contributed by atoms with Crippen molar-refractivity contribution in [3.8, 4) is 0 Å². The number of carbonyl (C=O) groups is 4. The summed E-state index contributed by atoms with van der Waals surface area (Å²) in [6, 6.07) is -3.47. The molecule has 1 saturated heterocycles. The van der Waals surface area contributed by atoms with E-state index in [0.29, 0.717) is 0 Å². The normalized spacial score (nSPS) is 17.6. The average molecular weight is 558 g/mol. The second-order valence-electron chi connectivity index (χ2n) is 6.68. The van der Waals surface area contributed by atoms with E-state index >= 15 is 0 Å². The van der Waals surface area contributed by atoms with Gasteiger partial charge in [-0.05, 0) is 0 Å². The van der Waals surface area contributed by atoms with Crippen LogP contribution in [-0.2, 0) is 38.1 Å². The molecule has 0 atom stereocenters. The summed E-state index contributed by atoms with van der Waals surface area (Å²) in [4.78, 5) is 47.7. The Bertz CT molecular complexity index is 535. The van der Waals surface area contributed by atoms with Crippen molar-refractivity contribution in [2.45, 2.75) is 12.1 Å². The van der Waals surface area contributed by atoms with Crippen LogP contribution in [0, 0.1) is 0 Å². The fourth-order valence-corrected chi connectivity index (χ4v) is 2.95. The van der Waals surface area contributed by atoms with Gasteiger partial charge in [-0.2, -0.15) is 0 Å². The van der Waals surface area contributed by atoms with Crippen LogP contribution in [0.2, 0.25) is 0 Å². The minimum atomic E-state index is -1.73. The maximum Gasteiger partial charge on any atom is 0.332 e. The number of aliphatic carboxylic acids is 4. The van der Waals surface area contributed by atoms with Crippen LogP contribution in [0.15, 0.2) is 0 Å². The topological polar surface area (TPSA) is 193 Å². The van der Waals surface area contributed by atoms with Gasteiger partial charge in [-0.15, -0.1) is 0 Å². The Morgan fingerprint density at radius 1 is 0.444 bits per heavy atom. The number of rotatable bonds is 6. The first kappa shape index (κ1) is 44.7. The van der Waals surface area contributed by atoms with E-state index in [2.05, 4.69) is 0 Å². The monoisotopic (exact) mass is 558 g/mol. The van der Waals surface area contributed by atoms with Crippen LogP contribution in [0.25, 0.3) is 0 Å². The fourth-order valence-electron chi connectivity index (χ4n) is 2.95. The number of hydrogen-bond acceptors (Lipinski definition) is 10. The molecule has 18 heteroatoms. The summed E-state index contributed by atoms with van der Waals surface area (Å²) in [6.45, 7) is 0.854. The van der Waals surface area contributed by atoms with Crippen LogP contribution in [0.5, 0.6) is 0 Å². The molecule has 188 valence electrons. The molecule has 0 aromatic heterocycles. The number of nitrogens with zero attached hydrogens (tertiary/aromatic N) is 2. The Labute approximate surface area is 297 Å². The average Bonchev–Trinajstić information content (AvgIpc) is 2.69. The molecule has 0 aromatic rings. The zero-order valence-electron chi connectivity index (χ0n) is 21.6. The molecule has 0 unspecified atom stereocenters. The predicted molar refractivity (Wildman–Crippen MR) is 128 cm³/mol. The quantitative estimate of drug-likeness (QED) is 0.183. The molecule has 0 aromatic carbocycles. The molecule has 14 nitrogen and oxygen atoms in total. The number of hydrogen-bond donors (Lipinski definition) is 4. The largest absolute Gasteiger partial charge is 0.480 e. The summed E-state index contributed by atoms with van der Waals surface area (Å²) < 4.78 is 21.4. The molecule has 1 fully saturated rings. The van der Waals surface area contributed by atoms with Gasteiger partial charge in [-0.3, -0.25) is 9.80 Å². The van der Waals surface area contributed by atoms with Crippen molar-refractivity contribution in [2.24, 2.45) is 0 Å². The Kier molecular flexibility index (Phi) is 33.3. The Hall–Kier alpha value is 1.64. The number of carboxylic acid groups (broad SMARTS) is 4. The Balaban J connectivity index is -0.00000128. The van der Waals surface area contributed by atoms with Crippen molar-refractivity contribution in [1.82, 2.24) is 9.80 Å². The molecule has 36 heavy (non-hydrogen) atoms. The summed E-state index contributed by atoms with van der Waals surface area (Å²) in [6.07, 6.45) is 0. The van der Waals surface area contributed by atoms with Crippen LogP contribution in [0.1, 0.15) is 0 Å². The maximum absolute atomic E-state index is 11.3. The van der Waals surface area contributed by atoms with Gasteiger partial charge < -0.3 is 39.4 Å². The van der Waals surface area contributed by atoms with Crippen molar-refractivity contribution in [2.75, 3.05) is 79.0 Å². The van der Waals surface area contributed by atoms with Gasteiger partial charge in [0.05, 0.1) is 52.9 Å². The minimum Gasteiger partial charge on any atom is -0.480 e. The van der Waals surface area contributed by atoms with Gasteiger partial charge in [0, 0.05) is 144 Å². The van der Waals surface area contributed by atoms with E-state index in [0.717, 1.165) is 0 Å². The zero-order valence-corrected chi connectivity index (χ0v) is 29.6. The van der Waals surface area contributed by atoms with E-state index in [1.165, 1.54) is 9.80 Å². The third-order valence-electron chi connectivity index (χ3n) is 4.50. The number of carboxylic acids is 4. The van der Waals surface area contributed by atoms with E-state index in [1.807, 2.05) is 0 Å². The van der Waals surface area contributed by atoms with Crippen LogP contribution in [-0.4, -0.2) is 263 Å². The standard InChI is InChI=1S/C18H30N2O12.4Na/c21-15(22)13(16(23)24)19-1-5-29-9-10-31-7-3-20(14(17(25)26)18(27)28)4-8-32-12-11-30-6-2-19;;;;/h13-14H,1-12H2,(H,21,22)(H,23,24)(H,25,26)(H,27,28);;;;. The molecule has 1 heterocycles. The Morgan fingerprint density at radius 2 is 0.639 bits per heavy atom. The van der Waals surface area contributed by atoms with Gasteiger partial charge in [0.25, 0.3) is 0 Å². The summed E-state index contributed by atoms with van der Waals surface area (Å²) >= 11 is 0. The molecular weight excluding hydrogens is 528 g/mol. The first-order chi connectivity index (χ1) is 15.3. The molecule has 0 spiro atoms. The van der Waals surface area contributed by atoms with Crippen molar-refractivity contribution in [3.63, 3.8) is 0 Å². The third kappa shape index (κ3) is 18.8. The second-order valence-corrected chi connectivity index (χ2v) is 6.68.